The van der Waals surface area contributed by atoms with E-state index in [1.165, 1.54) is 0 Å². The number of carboxylic acid groups (broad SMARTS) is 1. The summed E-state index contributed by atoms with van der Waals surface area (Å²) >= 11 is 0. The van der Waals surface area contributed by atoms with Crippen molar-refractivity contribution in [2.75, 3.05) is 6.61 Å². The highest BCUT2D eigenvalue weighted by molar-refractivity contribution is 6.00. The second-order valence-electron chi connectivity index (χ2n) is 3.42. The first-order chi connectivity index (χ1) is 7.16. The number of aryl methyl sites for hydroxylation is 1. The van der Waals surface area contributed by atoms with Gasteiger partial charge in [0.1, 0.15) is 5.75 Å². The first-order valence-corrected chi connectivity index (χ1v) is 4.67. The zero-order valence-electron chi connectivity index (χ0n) is 8.03. The third-order valence-corrected chi connectivity index (χ3v) is 2.37. The lowest BCUT2D eigenvalue weighted by molar-refractivity contribution is -0.139. The average molecular weight is 206 g/mol. The number of benzene rings is 1. The molecule has 1 N–H and O–H groups in total. The highest BCUT2D eigenvalue weighted by Crippen LogP contribution is 2.25. The van der Waals surface area contributed by atoms with E-state index >= 15 is 0 Å². The molecule has 0 bridgehead atoms. The van der Waals surface area contributed by atoms with E-state index in [1.807, 2.05) is 6.07 Å². The van der Waals surface area contributed by atoms with Crippen LogP contribution in [-0.4, -0.2) is 23.5 Å². The molecule has 1 aromatic rings. The van der Waals surface area contributed by atoms with Gasteiger partial charge in [0, 0.05) is 12.0 Å². The molecular weight excluding hydrogens is 196 g/mol. The third kappa shape index (κ3) is 1.98. The number of carbonyl (C=O) groups is 2. The number of carbonyl (C=O) groups excluding carboxylic acids is 1. The molecule has 0 aromatic heterocycles. The topological polar surface area (TPSA) is 63.6 Å². The first kappa shape index (κ1) is 9.71. The summed E-state index contributed by atoms with van der Waals surface area (Å²) in [6, 6.07) is 5.13. The maximum atomic E-state index is 11.4. The van der Waals surface area contributed by atoms with Crippen molar-refractivity contribution in [3.05, 3.63) is 29.3 Å². The zero-order valence-corrected chi connectivity index (χ0v) is 8.03. The summed E-state index contributed by atoms with van der Waals surface area (Å²) in [6.45, 7) is -0.382. The van der Waals surface area contributed by atoms with Crippen molar-refractivity contribution in [3.8, 4) is 5.75 Å². The predicted octanol–water partition coefficient (Wildman–Crippen LogP) is 1.28. The lowest BCUT2D eigenvalue weighted by Crippen LogP contribution is -2.09. The fourth-order valence-corrected chi connectivity index (χ4v) is 1.65. The van der Waals surface area contributed by atoms with Crippen molar-refractivity contribution in [3.63, 3.8) is 0 Å². The van der Waals surface area contributed by atoms with Crippen LogP contribution in [0.5, 0.6) is 5.75 Å². The number of carboxylic acids is 1. The number of hydrogen-bond acceptors (Lipinski definition) is 3. The van der Waals surface area contributed by atoms with Crippen molar-refractivity contribution < 1.29 is 19.4 Å². The van der Waals surface area contributed by atoms with Gasteiger partial charge in [-0.25, -0.2) is 4.79 Å². The van der Waals surface area contributed by atoms with E-state index in [0.717, 1.165) is 12.0 Å². The lowest BCUT2D eigenvalue weighted by atomic mass is 10.1. The van der Waals surface area contributed by atoms with Crippen LogP contribution in [0.25, 0.3) is 0 Å². The van der Waals surface area contributed by atoms with Gasteiger partial charge in [0.25, 0.3) is 0 Å². The van der Waals surface area contributed by atoms with E-state index in [9.17, 15) is 9.59 Å². The van der Waals surface area contributed by atoms with Crippen molar-refractivity contribution in [2.24, 2.45) is 0 Å². The Labute approximate surface area is 86.5 Å². The predicted molar refractivity (Wildman–Crippen MR) is 52.2 cm³/mol. The normalized spacial score (nSPS) is 13.7. The number of hydrogen-bond donors (Lipinski definition) is 1. The monoisotopic (exact) mass is 206 g/mol. The van der Waals surface area contributed by atoms with Gasteiger partial charge in [0.05, 0.1) is 0 Å². The second-order valence-corrected chi connectivity index (χ2v) is 3.42. The number of aliphatic carboxylic acids is 1. The molecule has 2 rings (SSSR count). The largest absolute Gasteiger partial charge is 0.482 e. The maximum Gasteiger partial charge on any atom is 0.341 e. The molecule has 0 saturated carbocycles. The Bertz CT molecular complexity index is 423. The fourth-order valence-electron chi connectivity index (χ4n) is 1.65. The van der Waals surface area contributed by atoms with Crippen LogP contribution in [0.1, 0.15) is 22.3 Å². The van der Waals surface area contributed by atoms with E-state index in [1.54, 1.807) is 12.1 Å². The van der Waals surface area contributed by atoms with Gasteiger partial charge in [0.15, 0.2) is 12.4 Å². The highest BCUT2D eigenvalue weighted by Gasteiger charge is 2.19. The molecule has 0 atom stereocenters. The molecule has 1 aliphatic rings. The molecule has 0 radical (unpaired) electrons. The number of fused-ring (bicyclic) bond motifs is 1. The number of rotatable bonds is 3. The van der Waals surface area contributed by atoms with Gasteiger partial charge in [-0.15, -0.1) is 0 Å². The molecule has 0 spiro atoms. The van der Waals surface area contributed by atoms with Crippen molar-refractivity contribution in [1.29, 1.82) is 0 Å². The van der Waals surface area contributed by atoms with Crippen molar-refractivity contribution in [2.45, 2.75) is 12.8 Å². The molecule has 1 aromatic carbocycles. The molecule has 78 valence electrons. The Hall–Kier alpha value is -1.84. The van der Waals surface area contributed by atoms with Gasteiger partial charge in [-0.3, -0.25) is 4.79 Å². The van der Waals surface area contributed by atoms with Crippen LogP contribution in [0.2, 0.25) is 0 Å². The number of Topliss-reactive ketones (excluding diaryl/α,β-unsaturated/α-hetero) is 1. The SMILES string of the molecule is O=C(O)COc1ccc2c(c1)C(=O)CC2. The van der Waals surface area contributed by atoms with Crippen LogP contribution in [0, 0.1) is 0 Å². The minimum Gasteiger partial charge on any atom is -0.482 e. The van der Waals surface area contributed by atoms with Crippen LogP contribution >= 0.6 is 0 Å². The zero-order chi connectivity index (χ0) is 10.8. The van der Waals surface area contributed by atoms with Gasteiger partial charge in [-0.1, -0.05) is 6.07 Å². The lowest BCUT2D eigenvalue weighted by Gasteiger charge is -2.04. The molecule has 0 heterocycles. The van der Waals surface area contributed by atoms with Gasteiger partial charge in [-0.2, -0.15) is 0 Å². The molecule has 0 aliphatic heterocycles. The number of ether oxygens (including phenoxy) is 1. The highest BCUT2D eigenvalue weighted by atomic mass is 16.5. The Morgan fingerprint density at radius 2 is 2.20 bits per heavy atom. The van der Waals surface area contributed by atoms with Crippen molar-refractivity contribution >= 4 is 11.8 Å². The second kappa shape index (κ2) is 3.73. The van der Waals surface area contributed by atoms with Crippen LogP contribution in [0.15, 0.2) is 18.2 Å². The van der Waals surface area contributed by atoms with Crippen LogP contribution in [0.4, 0.5) is 0 Å². The molecule has 15 heavy (non-hydrogen) atoms. The summed E-state index contributed by atoms with van der Waals surface area (Å²) in [6.07, 6.45) is 1.31. The molecule has 0 amide bonds. The summed E-state index contributed by atoms with van der Waals surface area (Å²) in [5.74, 6) is -0.487. The Balaban J connectivity index is 2.18. The molecule has 1 aliphatic carbocycles. The summed E-state index contributed by atoms with van der Waals surface area (Å²) in [5.41, 5.74) is 1.68. The molecule has 0 unspecified atom stereocenters. The molecule has 4 heteroatoms. The summed E-state index contributed by atoms with van der Waals surface area (Å²) in [5, 5.41) is 8.43. The van der Waals surface area contributed by atoms with E-state index in [2.05, 4.69) is 0 Å². The maximum absolute atomic E-state index is 11.4. The fraction of sp³-hybridized carbons (Fsp3) is 0.273. The van der Waals surface area contributed by atoms with Gasteiger partial charge >= 0.3 is 5.97 Å². The molecule has 0 saturated heterocycles. The molecule has 4 nitrogen and oxygen atoms in total. The van der Waals surface area contributed by atoms with Gasteiger partial charge in [-0.05, 0) is 24.1 Å². The Kier molecular flexibility index (Phi) is 2.41. The number of ketones is 1. The van der Waals surface area contributed by atoms with Crippen molar-refractivity contribution in [1.82, 2.24) is 0 Å². The van der Waals surface area contributed by atoms with Gasteiger partial charge < -0.3 is 9.84 Å². The van der Waals surface area contributed by atoms with Crippen LogP contribution in [-0.2, 0) is 11.2 Å². The van der Waals surface area contributed by atoms with Crippen LogP contribution in [0.3, 0.4) is 0 Å². The summed E-state index contributed by atoms with van der Waals surface area (Å²) in [7, 11) is 0. The third-order valence-electron chi connectivity index (χ3n) is 2.37. The first-order valence-electron chi connectivity index (χ1n) is 4.67. The standard InChI is InChI=1S/C11H10O4/c12-10-4-2-7-1-3-8(5-9(7)10)15-6-11(13)14/h1,3,5H,2,4,6H2,(H,13,14). The minimum atomic E-state index is -1.03. The van der Waals surface area contributed by atoms with E-state index in [0.29, 0.717) is 17.7 Å². The average Bonchev–Trinajstić information content (AvgIpc) is 2.57. The van der Waals surface area contributed by atoms with Crippen LogP contribution < -0.4 is 4.74 Å². The van der Waals surface area contributed by atoms with E-state index < -0.39 is 5.97 Å². The Morgan fingerprint density at radius 1 is 1.40 bits per heavy atom. The van der Waals surface area contributed by atoms with E-state index in [-0.39, 0.29) is 12.4 Å². The smallest absolute Gasteiger partial charge is 0.341 e. The summed E-state index contributed by atoms with van der Waals surface area (Å²) in [4.78, 5) is 21.7. The van der Waals surface area contributed by atoms with Gasteiger partial charge in [0.2, 0.25) is 0 Å². The quantitative estimate of drug-likeness (QED) is 0.809. The van der Waals surface area contributed by atoms with E-state index in [4.69, 9.17) is 9.84 Å². The summed E-state index contributed by atoms with van der Waals surface area (Å²) < 4.78 is 4.99. The minimum absolute atomic E-state index is 0.103. The Morgan fingerprint density at radius 3 is 2.93 bits per heavy atom. The molecular formula is C11H10O4. The molecule has 0 fully saturated rings.